The second-order valence-corrected chi connectivity index (χ2v) is 2.75. The van der Waals surface area contributed by atoms with E-state index in [1.807, 2.05) is 0 Å². The monoisotopic (exact) mass is 178 g/mol. The fraction of sp³-hybridized carbons (Fsp3) is 0.111. The van der Waals surface area contributed by atoms with E-state index in [2.05, 4.69) is 0 Å². The fourth-order valence-corrected chi connectivity index (χ4v) is 1.21. The van der Waals surface area contributed by atoms with E-state index in [0.717, 1.165) is 0 Å². The highest BCUT2D eigenvalue weighted by Crippen LogP contribution is 2.28. The maximum Gasteiger partial charge on any atom is 0.319 e. The number of fused-ring (bicyclic) bond motifs is 1. The molecule has 1 heterocycles. The summed E-state index contributed by atoms with van der Waals surface area (Å²) in [5, 5.41) is 9.06. The lowest BCUT2D eigenvalue weighted by Gasteiger charge is -2.13. The first-order chi connectivity index (χ1) is 6.16. The van der Waals surface area contributed by atoms with Crippen LogP contribution in [0.4, 0.5) is 0 Å². The van der Waals surface area contributed by atoms with E-state index in [1.54, 1.807) is 0 Å². The minimum atomic E-state index is -0.580. The smallest absolute Gasteiger partial charge is 0.319 e. The SMILES string of the molecule is O=C1CC(=O)c2ccc(O)cc2O1. The molecule has 0 spiro atoms. The van der Waals surface area contributed by atoms with Gasteiger partial charge >= 0.3 is 5.97 Å². The highest BCUT2D eigenvalue weighted by molar-refractivity contribution is 6.10. The molecule has 4 nitrogen and oxygen atoms in total. The number of esters is 1. The van der Waals surface area contributed by atoms with Gasteiger partial charge in [0.05, 0.1) is 5.56 Å². The van der Waals surface area contributed by atoms with Gasteiger partial charge in [-0.15, -0.1) is 0 Å². The van der Waals surface area contributed by atoms with E-state index in [4.69, 9.17) is 9.84 Å². The molecule has 0 bridgehead atoms. The molecule has 1 aromatic rings. The number of aromatic hydroxyl groups is 1. The van der Waals surface area contributed by atoms with Gasteiger partial charge in [0.25, 0.3) is 0 Å². The van der Waals surface area contributed by atoms with Crippen molar-refractivity contribution in [1.29, 1.82) is 0 Å². The Balaban J connectivity index is 2.55. The standard InChI is InChI=1S/C9H6O4/c10-5-1-2-6-7(11)4-9(12)13-8(6)3-5/h1-3,10H,4H2. The van der Waals surface area contributed by atoms with Gasteiger partial charge in [0.1, 0.15) is 17.9 Å². The lowest BCUT2D eigenvalue weighted by atomic mass is 10.0. The summed E-state index contributed by atoms with van der Waals surface area (Å²) in [5.41, 5.74) is 0.345. The fourth-order valence-electron chi connectivity index (χ4n) is 1.21. The second-order valence-electron chi connectivity index (χ2n) is 2.75. The van der Waals surface area contributed by atoms with E-state index in [0.29, 0.717) is 5.56 Å². The molecule has 1 aliphatic heterocycles. The van der Waals surface area contributed by atoms with Crippen LogP contribution in [-0.4, -0.2) is 16.9 Å². The molecule has 0 aliphatic carbocycles. The number of hydrogen-bond donors (Lipinski definition) is 1. The number of carbonyl (C=O) groups is 2. The average Bonchev–Trinajstić information content (AvgIpc) is 2.02. The maximum atomic E-state index is 11.2. The van der Waals surface area contributed by atoms with Crippen molar-refractivity contribution in [3.63, 3.8) is 0 Å². The molecule has 13 heavy (non-hydrogen) atoms. The molecule has 0 saturated carbocycles. The summed E-state index contributed by atoms with van der Waals surface area (Å²) in [6, 6.07) is 4.08. The third-order valence-electron chi connectivity index (χ3n) is 1.79. The van der Waals surface area contributed by atoms with Crippen molar-refractivity contribution in [3.05, 3.63) is 23.8 Å². The van der Waals surface area contributed by atoms with E-state index in [9.17, 15) is 9.59 Å². The van der Waals surface area contributed by atoms with Gasteiger partial charge in [-0.05, 0) is 12.1 Å². The number of ketones is 1. The third-order valence-corrected chi connectivity index (χ3v) is 1.79. The topological polar surface area (TPSA) is 63.6 Å². The molecule has 0 amide bonds. The largest absolute Gasteiger partial charge is 0.508 e. The van der Waals surface area contributed by atoms with Crippen molar-refractivity contribution < 1.29 is 19.4 Å². The summed E-state index contributed by atoms with van der Waals surface area (Å²) in [7, 11) is 0. The zero-order valence-electron chi connectivity index (χ0n) is 6.61. The minimum Gasteiger partial charge on any atom is -0.508 e. The Morgan fingerprint density at radius 2 is 2.08 bits per heavy atom. The predicted molar refractivity (Wildman–Crippen MR) is 42.7 cm³/mol. The minimum absolute atomic E-state index is 0.0266. The Hall–Kier alpha value is -1.84. The van der Waals surface area contributed by atoms with E-state index in [1.165, 1.54) is 18.2 Å². The Morgan fingerprint density at radius 1 is 1.31 bits per heavy atom. The molecule has 0 saturated heterocycles. The number of hydrogen-bond acceptors (Lipinski definition) is 4. The molecule has 2 rings (SSSR count). The normalized spacial score (nSPS) is 15.1. The van der Waals surface area contributed by atoms with Crippen LogP contribution in [0, 0.1) is 0 Å². The first-order valence-electron chi connectivity index (χ1n) is 3.74. The third kappa shape index (κ3) is 1.26. The highest BCUT2D eigenvalue weighted by Gasteiger charge is 2.24. The zero-order chi connectivity index (χ0) is 9.42. The van der Waals surface area contributed by atoms with Crippen molar-refractivity contribution >= 4 is 11.8 Å². The first-order valence-corrected chi connectivity index (χ1v) is 3.74. The van der Waals surface area contributed by atoms with Crippen LogP contribution < -0.4 is 4.74 Å². The predicted octanol–water partition coefficient (Wildman–Crippen LogP) is 0.884. The summed E-state index contributed by atoms with van der Waals surface area (Å²) >= 11 is 0. The zero-order valence-corrected chi connectivity index (χ0v) is 6.61. The number of Topliss-reactive ketones (excluding diaryl/α,β-unsaturated/α-hetero) is 1. The van der Waals surface area contributed by atoms with Crippen LogP contribution in [0.3, 0.4) is 0 Å². The molecular formula is C9H6O4. The van der Waals surface area contributed by atoms with Gasteiger partial charge in [0, 0.05) is 6.07 Å². The van der Waals surface area contributed by atoms with Gasteiger partial charge in [0.2, 0.25) is 0 Å². The molecule has 66 valence electrons. The number of phenolic OH excluding ortho intramolecular Hbond substituents is 1. The molecule has 1 aromatic carbocycles. The van der Waals surface area contributed by atoms with Crippen LogP contribution in [0.25, 0.3) is 0 Å². The van der Waals surface area contributed by atoms with Gasteiger partial charge in [-0.1, -0.05) is 0 Å². The Kier molecular flexibility index (Phi) is 1.55. The molecule has 4 heteroatoms. The average molecular weight is 178 g/mol. The number of carbonyl (C=O) groups excluding carboxylic acids is 2. The van der Waals surface area contributed by atoms with Crippen LogP contribution in [-0.2, 0) is 4.79 Å². The van der Waals surface area contributed by atoms with Gasteiger partial charge in [0.15, 0.2) is 5.78 Å². The molecule has 0 atom stereocenters. The van der Waals surface area contributed by atoms with E-state index < -0.39 is 5.97 Å². The summed E-state index contributed by atoms with van der Waals surface area (Å²) in [5.74, 6) is -0.739. The molecule has 1 N–H and O–H groups in total. The highest BCUT2D eigenvalue weighted by atomic mass is 16.5. The van der Waals surface area contributed by atoms with E-state index >= 15 is 0 Å². The number of benzene rings is 1. The molecular weight excluding hydrogens is 172 g/mol. The van der Waals surface area contributed by atoms with Crippen molar-refractivity contribution in [2.45, 2.75) is 6.42 Å². The number of ether oxygens (including phenoxy) is 1. The Morgan fingerprint density at radius 3 is 2.85 bits per heavy atom. The lowest BCUT2D eigenvalue weighted by Crippen LogP contribution is -2.21. The number of phenols is 1. The maximum absolute atomic E-state index is 11.2. The van der Waals surface area contributed by atoms with Crippen molar-refractivity contribution in [2.24, 2.45) is 0 Å². The molecule has 0 fully saturated rings. The Bertz CT molecular complexity index is 395. The number of rotatable bonds is 0. The van der Waals surface area contributed by atoms with Gasteiger partial charge in [-0.2, -0.15) is 0 Å². The van der Waals surface area contributed by atoms with Crippen LogP contribution >= 0.6 is 0 Å². The quantitative estimate of drug-likeness (QED) is 0.364. The summed E-state index contributed by atoms with van der Waals surface area (Å²) in [4.78, 5) is 22.0. The van der Waals surface area contributed by atoms with Crippen molar-refractivity contribution in [1.82, 2.24) is 0 Å². The summed E-state index contributed by atoms with van der Waals surface area (Å²) in [6.07, 6.45) is -0.224. The summed E-state index contributed by atoms with van der Waals surface area (Å²) in [6.45, 7) is 0. The van der Waals surface area contributed by atoms with E-state index in [-0.39, 0.29) is 23.7 Å². The van der Waals surface area contributed by atoms with Gasteiger partial charge in [-0.25, -0.2) is 0 Å². The lowest BCUT2D eigenvalue weighted by molar-refractivity contribution is -0.133. The molecule has 0 radical (unpaired) electrons. The van der Waals surface area contributed by atoms with Crippen LogP contribution in [0.5, 0.6) is 11.5 Å². The molecule has 0 aromatic heterocycles. The van der Waals surface area contributed by atoms with Crippen LogP contribution in [0.15, 0.2) is 18.2 Å². The van der Waals surface area contributed by atoms with Crippen LogP contribution in [0.1, 0.15) is 16.8 Å². The summed E-state index contributed by atoms with van der Waals surface area (Å²) < 4.78 is 4.76. The van der Waals surface area contributed by atoms with Crippen molar-refractivity contribution in [2.75, 3.05) is 0 Å². The van der Waals surface area contributed by atoms with Crippen molar-refractivity contribution in [3.8, 4) is 11.5 Å². The molecule has 1 aliphatic rings. The van der Waals surface area contributed by atoms with Gasteiger partial charge in [-0.3, -0.25) is 9.59 Å². The molecule has 0 unspecified atom stereocenters. The van der Waals surface area contributed by atoms with Gasteiger partial charge < -0.3 is 9.84 Å². The second kappa shape index (κ2) is 2.58. The van der Waals surface area contributed by atoms with Crippen LogP contribution in [0.2, 0.25) is 0 Å². The first kappa shape index (κ1) is 7.79. The Labute approximate surface area is 73.8 Å².